The molecule has 1 N–H and O–H groups in total. The maximum absolute atomic E-state index is 12.2. The van der Waals surface area contributed by atoms with Crippen molar-refractivity contribution in [3.63, 3.8) is 0 Å². The number of ether oxygens (including phenoxy) is 1. The molecule has 2 aromatic rings. The number of rotatable bonds is 8. The van der Waals surface area contributed by atoms with Crippen molar-refractivity contribution >= 4 is 23.4 Å². The van der Waals surface area contributed by atoms with Crippen molar-refractivity contribution in [2.75, 3.05) is 20.7 Å². The van der Waals surface area contributed by atoms with Gasteiger partial charge in [0.25, 0.3) is 5.91 Å². The van der Waals surface area contributed by atoms with Crippen LogP contribution in [0.1, 0.15) is 28.8 Å². The van der Waals surface area contributed by atoms with E-state index in [0.717, 1.165) is 5.56 Å². The summed E-state index contributed by atoms with van der Waals surface area (Å²) in [5.41, 5.74) is 1.55. The maximum atomic E-state index is 12.2. The maximum Gasteiger partial charge on any atom is 0.251 e. The Morgan fingerprint density at radius 3 is 2.54 bits per heavy atom. The number of carbonyl (C=O) groups excluding carboxylic acids is 2. The van der Waals surface area contributed by atoms with E-state index in [9.17, 15) is 9.59 Å². The van der Waals surface area contributed by atoms with Gasteiger partial charge in [-0.15, -0.1) is 0 Å². The van der Waals surface area contributed by atoms with Gasteiger partial charge in [0, 0.05) is 37.1 Å². The minimum absolute atomic E-state index is 0.0312. The molecule has 2 aromatic carbocycles. The first-order chi connectivity index (χ1) is 12.5. The van der Waals surface area contributed by atoms with Crippen LogP contribution in [0.15, 0.2) is 48.5 Å². The van der Waals surface area contributed by atoms with E-state index in [1.165, 1.54) is 0 Å². The Hall–Kier alpha value is -2.53. The van der Waals surface area contributed by atoms with Crippen molar-refractivity contribution in [2.24, 2.45) is 0 Å². The topological polar surface area (TPSA) is 58.6 Å². The molecule has 0 aromatic heterocycles. The van der Waals surface area contributed by atoms with Crippen LogP contribution in [-0.4, -0.2) is 37.4 Å². The molecule has 0 radical (unpaired) electrons. The zero-order valence-electron chi connectivity index (χ0n) is 15.0. The van der Waals surface area contributed by atoms with Crippen LogP contribution in [0.25, 0.3) is 0 Å². The monoisotopic (exact) mass is 374 g/mol. The number of hydrogen-bond donors (Lipinski definition) is 1. The normalized spacial score (nSPS) is 10.3. The summed E-state index contributed by atoms with van der Waals surface area (Å²) in [5.74, 6) is 0.575. The highest BCUT2D eigenvalue weighted by molar-refractivity contribution is 6.30. The number of halogens is 1. The number of benzene rings is 2. The van der Waals surface area contributed by atoms with Crippen LogP contribution >= 0.6 is 11.6 Å². The van der Waals surface area contributed by atoms with E-state index in [1.54, 1.807) is 49.4 Å². The van der Waals surface area contributed by atoms with Gasteiger partial charge in [0.15, 0.2) is 0 Å². The molecule has 6 heteroatoms. The quantitative estimate of drug-likeness (QED) is 0.719. The molecule has 2 amide bonds. The van der Waals surface area contributed by atoms with Gasteiger partial charge in [0.05, 0.1) is 7.11 Å². The summed E-state index contributed by atoms with van der Waals surface area (Å²) in [5, 5.41) is 3.48. The second kappa shape index (κ2) is 9.82. The summed E-state index contributed by atoms with van der Waals surface area (Å²) >= 11 is 5.96. The van der Waals surface area contributed by atoms with Crippen molar-refractivity contribution in [3.8, 4) is 5.75 Å². The molecule has 0 bridgehead atoms. The lowest BCUT2D eigenvalue weighted by molar-refractivity contribution is -0.130. The fourth-order valence-corrected chi connectivity index (χ4v) is 2.69. The van der Waals surface area contributed by atoms with Gasteiger partial charge in [-0.05, 0) is 48.4 Å². The molecule has 5 nitrogen and oxygen atoms in total. The molecule has 0 spiro atoms. The van der Waals surface area contributed by atoms with E-state index in [4.69, 9.17) is 16.3 Å². The van der Waals surface area contributed by atoms with Crippen LogP contribution in [0.3, 0.4) is 0 Å². The van der Waals surface area contributed by atoms with Crippen molar-refractivity contribution in [3.05, 3.63) is 64.7 Å². The van der Waals surface area contributed by atoms with Crippen molar-refractivity contribution in [2.45, 2.75) is 19.4 Å². The average Bonchev–Trinajstić information content (AvgIpc) is 2.65. The fourth-order valence-electron chi connectivity index (χ4n) is 2.47. The molecule has 0 unspecified atom stereocenters. The van der Waals surface area contributed by atoms with Crippen LogP contribution in [0.2, 0.25) is 5.02 Å². The minimum Gasteiger partial charge on any atom is -0.497 e. The summed E-state index contributed by atoms with van der Waals surface area (Å²) < 4.78 is 5.06. The van der Waals surface area contributed by atoms with E-state index in [0.29, 0.717) is 42.3 Å². The Morgan fingerprint density at radius 1 is 1.15 bits per heavy atom. The van der Waals surface area contributed by atoms with Crippen LogP contribution < -0.4 is 10.1 Å². The third-order valence-corrected chi connectivity index (χ3v) is 4.17. The molecule has 0 fully saturated rings. The Balaban J connectivity index is 1.71. The number of hydrogen-bond acceptors (Lipinski definition) is 3. The lowest BCUT2D eigenvalue weighted by atomic mass is 10.2. The Bertz CT molecular complexity index is 747. The minimum atomic E-state index is -0.160. The van der Waals surface area contributed by atoms with E-state index in [2.05, 4.69) is 5.32 Å². The molecule has 0 heterocycles. The fraction of sp³-hybridized carbons (Fsp3) is 0.300. The first kappa shape index (κ1) is 19.8. The summed E-state index contributed by atoms with van der Waals surface area (Å²) in [6.07, 6.45) is 0.959. The highest BCUT2D eigenvalue weighted by atomic mass is 35.5. The smallest absolute Gasteiger partial charge is 0.251 e. The van der Waals surface area contributed by atoms with E-state index >= 15 is 0 Å². The van der Waals surface area contributed by atoms with Gasteiger partial charge in [0.1, 0.15) is 5.75 Å². The predicted molar refractivity (Wildman–Crippen MR) is 102 cm³/mol. The first-order valence-corrected chi connectivity index (χ1v) is 8.78. The van der Waals surface area contributed by atoms with Gasteiger partial charge in [-0.2, -0.15) is 0 Å². The molecule has 0 saturated heterocycles. The summed E-state index contributed by atoms with van der Waals surface area (Å²) in [7, 11) is 3.34. The zero-order valence-corrected chi connectivity index (χ0v) is 15.8. The molecule has 26 heavy (non-hydrogen) atoms. The van der Waals surface area contributed by atoms with Crippen LogP contribution in [0.5, 0.6) is 5.75 Å². The van der Waals surface area contributed by atoms with Gasteiger partial charge in [-0.1, -0.05) is 23.7 Å². The molecule has 0 aliphatic heterocycles. The highest BCUT2D eigenvalue weighted by Gasteiger charge is 2.10. The third-order valence-electron chi connectivity index (χ3n) is 3.94. The van der Waals surface area contributed by atoms with Gasteiger partial charge >= 0.3 is 0 Å². The lowest BCUT2D eigenvalue weighted by Gasteiger charge is -2.17. The van der Waals surface area contributed by atoms with Gasteiger partial charge < -0.3 is 15.0 Å². The summed E-state index contributed by atoms with van der Waals surface area (Å²) in [4.78, 5) is 25.9. The second-order valence-electron chi connectivity index (χ2n) is 5.97. The summed E-state index contributed by atoms with van der Waals surface area (Å²) in [6.45, 7) is 0.958. The largest absolute Gasteiger partial charge is 0.497 e. The summed E-state index contributed by atoms with van der Waals surface area (Å²) in [6, 6.07) is 14.3. The Morgan fingerprint density at radius 2 is 1.88 bits per heavy atom. The number of nitrogens with one attached hydrogen (secondary N) is 1. The average molecular weight is 375 g/mol. The standard InChI is InChI=1S/C20H23ClN2O3/c1-23(14-15-5-3-6-17(21)13-15)19(24)7-4-12-22-20(25)16-8-10-18(26-2)11-9-16/h3,5-6,8-11,13H,4,7,12,14H2,1-2H3,(H,22,25). The van der Waals surface area contributed by atoms with Crippen molar-refractivity contribution in [1.82, 2.24) is 10.2 Å². The van der Waals surface area contributed by atoms with Gasteiger partial charge in [-0.3, -0.25) is 9.59 Å². The number of carbonyl (C=O) groups is 2. The number of methoxy groups -OCH3 is 1. The van der Waals surface area contributed by atoms with Crippen LogP contribution in [0, 0.1) is 0 Å². The predicted octanol–water partition coefficient (Wildman–Crippen LogP) is 3.52. The third kappa shape index (κ3) is 6.08. The lowest BCUT2D eigenvalue weighted by Crippen LogP contribution is -2.28. The molecular weight excluding hydrogens is 352 g/mol. The van der Waals surface area contributed by atoms with Crippen molar-refractivity contribution < 1.29 is 14.3 Å². The zero-order chi connectivity index (χ0) is 18.9. The molecular formula is C20H23ClN2O3. The Kier molecular flexibility index (Phi) is 7.48. The highest BCUT2D eigenvalue weighted by Crippen LogP contribution is 2.13. The molecule has 0 aliphatic rings. The van der Waals surface area contributed by atoms with E-state index < -0.39 is 0 Å². The number of amides is 2. The molecule has 0 atom stereocenters. The van der Waals surface area contributed by atoms with Gasteiger partial charge in [-0.25, -0.2) is 0 Å². The number of nitrogens with zero attached hydrogens (tertiary/aromatic N) is 1. The Labute approximate surface area is 158 Å². The molecule has 2 rings (SSSR count). The van der Waals surface area contributed by atoms with Crippen LogP contribution in [0.4, 0.5) is 0 Å². The SMILES string of the molecule is COc1ccc(C(=O)NCCCC(=O)N(C)Cc2cccc(Cl)c2)cc1. The van der Waals surface area contributed by atoms with Gasteiger partial charge in [0.2, 0.25) is 5.91 Å². The van der Waals surface area contributed by atoms with Crippen LogP contribution in [-0.2, 0) is 11.3 Å². The first-order valence-electron chi connectivity index (χ1n) is 8.40. The second-order valence-corrected chi connectivity index (χ2v) is 6.40. The molecule has 138 valence electrons. The van der Waals surface area contributed by atoms with E-state index in [1.807, 2.05) is 18.2 Å². The van der Waals surface area contributed by atoms with Crippen molar-refractivity contribution in [1.29, 1.82) is 0 Å². The molecule has 0 aliphatic carbocycles. The molecule has 0 saturated carbocycles. The van der Waals surface area contributed by atoms with E-state index in [-0.39, 0.29) is 11.8 Å².